The van der Waals surface area contributed by atoms with E-state index in [1.165, 1.54) is 6.07 Å². The fraction of sp³-hybridized carbons (Fsp3) is 0.538. The van der Waals surface area contributed by atoms with Gasteiger partial charge in [-0.15, -0.1) is 0 Å². The van der Waals surface area contributed by atoms with Crippen molar-refractivity contribution >= 4 is 5.69 Å². The van der Waals surface area contributed by atoms with Crippen molar-refractivity contribution in [2.75, 3.05) is 5.32 Å². The van der Waals surface area contributed by atoms with Crippen molar-refractivity contribution in [1.29, 1.82) is 0 Å². The Kier molecular flexibility index (Phi) is 3.44. The molecule has 16 heavy (non-hydrogen) atoms. The number of nitrogens with one attached hydrogen (secondary N) is 1. The maximum Gasteiger partial charge on any atom is 0.125 e. The molecule has 1 fully saturated rings. The monoisotopic (exact) mass is 223 g/mol. The highest BCUT2D eigenvalue weighted by Gasteiger charge is 2.19. The van der Waals surface area contributed by atoms with Crippen LogP contribution in [0.3, 0.4) is 0 Å². The lowest BCUT2D eigenvalue weighted by Crippen LogP contribution is -2.28. The van der Waals surface area contributed by atoms with E-state index in [4.69, 9.17) is 0 Å². The summed E-state index contributed by atoms with van der Waals surface area (Å²) in [5.74, 6) is -0.205. The number of halogens is 1. The van der Waals surface area contributed by atoms with E-state index in [2.05, 4.69) is 5.32 Å². The van der Waals surface area contributed by atoms with E-state index in [1.807, 2.05) is 6.92 Å². The number of hydrogen-bond donors (Lipinski definition) is 2. The summed E-state index contributed by atoms with van der Waals surface area (Å²) in [5.41, 5.74) is 1.94. The second-order valence-electron chi connectivity index (χ2n) is 4.61. The van der Waals surface area contributed by atoms with Gasteiger partial charge in [0.2, 0.25) is 0 Å². The highest BCUT2D eigenvalue weighted by molar-refractivity contribution is 5.51. The molecular formula is C13H18FNO. The van der Waals surface area contributed by atoms with Gasteiger partial charge in [0.25, 0.3) is 0 Å². The molecule has 0 radical (unpaired) electrons. The van der Waals surface area contributed by atoms with Gasteiger partial charge in [0.1, 0.15) is 5.82 Å². The van der Waals surface area contributed by atoms with Crippen LogP contribution in [0.2, 0.25) is 0 Å². The smallest absolute Gasteiger partial charge is 0.125 e. The van der Waals surface area contributed by atoms with Gasteiger partial charge in [-0.3, -0.25) is 0 Å². The summed E-state index contributed by atoms with van der Waals surface area (Å²) >= 11 is 0. The first kappa shape index (κ1) is 11.4. The lowest BCUT2D eigenvalue weighted by molar-refractivity contribution is 0.126. The van der Waals surface area contributed by atoms with Crippen LogP contribution in [0.4, 0.5) is 10.1 Å². The van der Waals surface area contributed by atoms with Gasteiger partial charge in [-0.25, -0.2) is 4.39 Å². The predicted molar refractivity (Wildman–Crippen MR) is 63.0 cm³/mol. The topological polar surface area (TPSA) is 32.3 Å². The summed E-state index contributed by atoms with van der Waals surface area (Å²) in [6, 6.07) is 5.17. The molecule has 2 N–H and O–H groups in total. The standard InChI is InChI=1S/C13H18FNO/c1-9-2-3-10(14)8-13(9)15-11-4-6-12(16)7-5-11/h2-3,8,11-12,15-16H,4-7H2,1H3. The van der Waals surface area contributed by atoms with Crippen LogP contribution in [0.5, 0.6) is 0 Å². The fourth-order valence-corrected chi connectivity index (χ4v) is 2.19. The third-order valence-electron chi connectivity index (χ3n) is 3.26. The average molecular weight is 223 g/mol. The molecule has 0 spiro atoms. The number of aliphatic hydroxyl groups is 1. The zero-order chi connectivity index (χ0) is 11.5. The average Bonchev–Trinajstić information content (AvgIpc) is 2.27. The van der Waals surface area contributed by atoms with Crippen LogP contribution in [0.15, 0.2) is 18.2 Å². The van der Waals surface area contributed by atoms with Gasteiger partial charge in [-0.1, -0.05) is 6.07 Å². The van der Waals surface area contributed by atoms with Gasteiger partial charge in [0.05, 0.1) is 6.10 Å². The first-order valence-electron chi connectivity index (χ1n) is 5.86. The van der Waals surface area contributed by atoms with Gasteiger partial charge < -0.3 is 10.4 Å². The molecule has 0 unspecified atom stereocenters. The van der Waals surface area contributed by atoms with E-state index >= 15 is 0 Å². The summed E-state index contributed by atoms with van der Waals surface area (Å²) < 4.78 is 13.1. The maximum absolute atomic E-state index is 13.1. The number of rotatable bonds is 2. The first-order chi connectivity index (χ1) is 7.65. The van der Waals surface area contributed by atoms with Crippen molar-refractivity contribution in [3.63, 3.8) is 0 Å². The number of hydrogen-bond acceptors (Lipinski definition) is 2. The minimum absolute atomic E-state index is 0.147. The predicted octanol–water partition coefficient (Wildman–Crippen LogP) is 2.85. The van der Waals surface area contributed by atoms with Gasteiger partial charge in [-0.2, -0.15) is 0 Å². The minimum atomic E-state index is -0.205. The molecule has 88 valence electrons. The van der Waals surface area contributed by atoms with Crippen molar-refractivity contribution in [2.45, 2.75) is 44.8 Å². The third kappa shape index (κ3) is 2.73. The molecule has 0 bridgehead atoms. The zero-order valence-corrected chi connectivity index (χ0v) is 9.54. The summed E-state index contributed by atoms with van der Waals surface area (Å²) in [4.78, 5) is 0. The fourth-order valence-electron chi connectivity index (χ4n) is 2.19. The summed E-state index contributed by atoms with van der Waals surface area (Å²) in [5, 5.41) is 12.8. The van der Waals surface area contributed by atoms with Crippen molar-refractivity contribution in [3.8, 4) is 0 Å². The second-order valence-corrected chi connectivity index (χ2v) is 4.61. The molecular weight excluding hydrogens is 205 g/mol. The van der Waals surface area contributed by atoms with Gasteiger partial charge in [-0.05, 0) is 50.3 Å². The molecule has 1 aromatic rings. The Hall–Kier alpha value is -1.09. The molecule has 1 aliphatic carbocycles. The Balaban J connectivity index is 2.00. The molecule has 1 saturated carbocycles. The van der Waals surface area contributed by atoms with E-state index in [9.17, 15) is 9.50 Å². The molecule has 0 amide bonds. The van der Waals surface area contributed by atoms with Gasteiger partial charge in [0, 0.05) is 11.7 Å². The van der Waals surface area contributed by atoms with Crippen molar-refractivity contribution < 1.29 is 9.50 Å². The summed E-state index contributed by atoms with van der Waals surface area (Å²) in [6.07, 6.45) is 3.44. The molecule has 1 aliphatic rings. The Morgan fingerprint density at radius 2 is 1.94 bits per heavy atom. The van der Waals surface area contributed by atoms with Crippen LogP contribution < -0.4 is 5.32 Å². The highest BCUT2D eigenvalue weighted by atomic mass is 19.1. The van der Waals surface area contributed by atoms with Crippen LogP contribution in [-0.2, 0) is 0 Å². The Labute approximate surface area is 95.5 Å². The number of benzene rings is 1. The molecule has 0 heterocycles. The van der Waals surface area contributed by atoms with Crippen LogP contribution >= 0.6 is 0 Å². The maximum atomic E-state index is 13.1. The lowest BCUT2D eigenvalue weighted by Gasteiger charge is -2.27. The molecule has 1 aromatic carbocycles. The zero-order valence-electron chi connectivity index (χ0n) is 9.54. The van der Waals surface area contributed by atoms with Gasteiger partial charge in [0.15, 0.2) is 0 Å². The van der Waals surface area contributed by atoms with Gasteiger partial charge >= 0.3 is 0 Å². The highest BCUT2D eigenvalue weighted by Crippen LogP contribution is 2.24. The molecule has 2 rings (SSSR count). The molecule has 3 heteroatoms. The molecule has 0 aromatic heterocycles. The Morgan fingerprint density at radius 1 is 1.25 bits per heavy atom. The summed E-state index contributed by atoms with van der Waals surface area (Å²) in [6.45, 7) is 1.97. The summed E-state index contributed by atoms with van der Waals surface area (Å²) in [7, 11) is 0. The number of aryl methyl sites for hydroxylation is 1. The molecule has 0 saturated heterocycles. The van der Waals surface area contributed by atoms with E-state index in [1.54, 1.807) is 12.1 Å². The SMILES string of the molecule is Cc1ccc(F)cc1NC1CCC(O)CC1. The molecule has 2 nitrogen and oxygen atoms in total. The van der Waals surface area contributed by atoms with Crippen LogP contribution in [0.25, 0.3) is 0 Å². The van der Waals surface area contributed by atoms with Crippen LogP contribution in [0.1, 0.15) is 31.2 Å². The normalized spacial score (nSPS) is 25.4. The van der Waals surface area contributed by atoms with Crippen molar-refractivity contribution in [3.05, 3.63) is 29.6 Å². The Morgan fingerprint density at radius 3 is 2.62 bits per heavy atom. The van der Waals surface area contributed by atoms with E-state index < -0.39 is 0 Å². The first-order valence-corrected chi connectivity index (χ1v) is 5.86. The minimum Gasteiger partial charge on any atom is -0.393 e. The van der Waals surface area contributed by atoms with Crippen molar-refractivity contribution in [2.24, 2.45) is 0 Å². The molecule has 0 atom stereocenters. The Bertz CT molecular complexity index is 359. The van der Waals surface area contributed by atoms with Crippen LogP contribution in [-0.4, -0.2) is 17.3 Å². The van der Waals surface area contributed by atoms with Crippen LogP contribution in [0, 0.1) is 12.7 Å². The largest absolute Gasteiger partial charge is 0.393 e. The molecule has 0 aliphatic heterocycles. The van der Waals surface area contributed by atoms with E-state index in [0.29, 0.717) is 6.04 Å². The van der Waals surface area contributed by atoms with E-state index in [0.717, 1.165) is 36.9 Å². The second kappa shape index (κ2) is 4.83. The third-order valence-corrected chi connectivity index (χ3v) is 3.26. The number of aliphatic hydroxyl groups excluding tert-OH is 1. The van der Waals surface area contributed by atoms with E-state index in [-0.39, 0.29) is 11.9 Å². The number of anilines is 1. The van der Waals surface area contributed by atoms with Crippen molar-refractivity contribution in [1.82, 2.24) is 0 Å². The lowest BCUT2D eigenvalue weighted by atomic mass is 9.93. The quantitative estimate of drug-likeness (QED) is 0.808.